The molecule has 0 spiro atoms. The fourth-order valence-electron chi connectivity index (χ4n) is 1.06. The number of halogens is 1. The molecule has 1 heterocycles. The van der Waals surface area contributed by atoms with Crippen molar-refractivity contribution in [3.8, 4) is 0 Å². The molecular formula is C9H13BrN+. The largest absolute Gasteiger partial charge is 0.202 e. The van der Waals surface area contributed by atoms with E-state index in [4.69, 9.17) is 0 Å². The second-order valence-corrected chi connectivity index (χ2v) is 3.19. The normalized spacial score (nSPS) is 12.9. The van der Waals surface area contributed by atoms with Crippen LogP contribution in [0.3, 0.4) is 0 Å². The van der Waals surface area contributed by atoms with E-state index in [0.29, 0.717) is 6.04 Å². The topological polar surface area (TPSA) is 3.88 Å². The molecular weight excluding hydrogens is 202 g/mol. The van der Waals surface area contributed by atoms with Crippen LogP contribution in [-0.2, 0) is 0 Å². The molecule has 0 bridgehead atoms. The third-order valence-corrected chi connectivity index (χ3v) is 2.56. The Labute approximate surface area is 76.2 Å². The lowest BCUT2D eigenvalue weighted by molar-refractivity contribution is -0.718. The van der Waals surface area contributed by atoms with Crippen LogP contribution in [-0.4, -0.2) is 5.33 Å². The molecule has 0 N–H and O–H groups in total. The van der Waals surface area contributed by atoms with E-state index in [1.54, 1.807) is 0 Å². The first-order valence-corrected chi connectivity index (χ1v) is 5.02. The minimum absolute atomic E-state index is 0.594. The fraction of sp³-hybridized carbons (Fsp3) is 0.444. The maximum atomic E-state index is 3.49. The third-order valence-electron chi connectivity index (χ3n) is 1.81. The number of hydrogen-bond donors (Lipinski definition) is 0. The molecule has 1 aromatic heterocycles. The van der Waals surface area contributed by atoms with E-state index in [-0.39, 0.29) is 0 Å². The minimum atomic E-state index is 0.594. The number of pyridine rings is 1. The molecule has 1 aromatic rings. The maximum absolute atomic E-state index is 3.49. The molecule has 11 heavy (non-hydrogen) atoms. The number of rotatable bonds is 3. The second-order valence-electron chi connectivity index (χ2n) is 2.54. The molecule has 0 aromatic carbocycles. The summed E-state index contributed by atoms with van der Waals surface area (Å²) in [6, 6.07) is 6.75. The first-order valence-electron chi connectivity index (χ1n) is 3.90. The second kappa shape index (κ2) is 4.50. The number of hydrogen-bond acceptors (Lipinski definition) is 0. The van der Waals surface area contributed by atoms with E-state index >= 15 is 0 Å². The predicted molar refractivity (Wildman–Crippen MR) is 49.8 cm³/mol. The van der Waals surface area contributed by atoms with Crippen LogP contribution in [0.2, 0.25) is 0 Å². The van der Waals surface area contributed by atoms with Crippen molar-refractivity contribution < 1.29 is 4.57 Å². The van der Waals surface area contributed by atoms with Gasteiger partial charge in [-0.05, 0) is 0 Å². The van der Waals surface area contributed by atoms with Crippen molar-refractivity contribution in [3.05, 3.63) is 30.6 Å². The van der Waals surface area contributed by atoms with Crippen LogP contribution in [0.25, 0.3) is 0 Å². The molecule has 0 aliphatic carbocycles. The van der Waals surface area contributed by atoms with Crippen LogP contribution >= 0.6 is 15.9 Å². The lowest BCUT2D eigenvalue weighted by Crippen LogP contribution is -2.39. The fourth-order valence-corrected chi connectivity index (χ4v) is 1.85. The maximum Gasteiger partial charge on any atom is 0.169 e. The zero-order chi connectivity index (χ0) is 8.10. The van der Waals surface area contributed by atoms with Crippen LogP contribution < -0.4 is 4.57 Å². The van der Waals surface area contributed by atoms with Gasteiger partial charge in [0.15, 0.2) is 18.4 Å². The lowest BCUT2D eigenvalue weighted by atomic mass is 10.2. The van der Waals surface area contributed by atoms with E-state index in [9.17, 15) is 0 Å². The summed E-state index contributed by atoms with van der Waals surface area (Å²) in [5.41, 5.74) is 0. The molecule has 0 unspecified atom stereocenters. The van der Waals surface area contributed by atoms with Gasteiger partial charge in [0.05, 0.1) is 5.33 Å². The molecule has 0 saturated carbocycles. The summed E-state index contributed by atoms with van der Waals surface area (Å²) in [5.74, 6) is 0. The highest BCUT2D eigenvalue weighted by molar-refractivity contribution is 9.09. The molecule has 0 saturated heterocycles. The SMILES string of the molecule is CC[C@H](CBr)[n+]1ccccc1. The van der Waals surface area contributed by atoms with Crippen molar-refractivity contribution in [2.75, 3.05) is 5.33 Å². The van der Waals surface area contributed by atoms with E-state index in [1.807, 2.05) is 6.07 Å². The number of aromatic nitrogens is 1. The summed E-state index contributed by atoms with van der Waals surface area (Å²) < 4.78 is 2.23. The highest BCUT2D eigenvalue weighted by Gasteiger charge is 2.12. The summed E-state index contributed by atoms with van der Waals surface area (Å²) in [7, 11) is 0. The zero-order valence-electron chi connectivity index (χ0n) is 6.70. The van der Waals surface area contributed by atoms with Crippen molar-refractivity contribution in [2.45, 2.75) is 19.4 Å². The summed E-state index contributed by atoms with van der Waals surface area (Å²) in [6.45, 7) is 2.20. The Hall–Kier alpha value is -0.370. The quantitative estimate of drug-likeness (QED) is 0.538. The summed E-state index contributed by atoms with van der Waals surface area (Å²) >= 11 is 3.49. The Balaban J connectivity index is 2.74. The first kappa shape index (κ1) is 8.72. The Morgan fingerprint density at radius 2 is 1.91 bits per heavy atom. The van der Waals surface area contributed by atoms with Crippen LogP contribution in [0.15, 0.2) is 30.6 Å². The summed E-state index contributed by atoms with van der Waals surface area (Å²) in [5, 5.41) is 1.03. The van der Waals surface area contributed by atoms with Gasteiger partial charge in [-0.1, -0.05) is 28.9 Å². The van der Waals surface area contributed by atoms with Crippen molar-refractivity contribution in [3.63, 3.8) is 0 Å². The summed E-state index contributed by atoms with van der Waals surface area (Å²) in [4.78, 5) is 0. The lowest BCUT2D eigenvalue weighted by Gasteiger charge is -2.04. The van der Waals surface area contributed by atoms with Crippen LogP contribution in [0.5, 0.6) is 0 Å². The van der Waals surface area contributed by atoms with Gasteiger partial charge in [-0.3, -0.25) is 0 Å². The standard InChI is InChI=1S/C9H13BrN/c1-2-9(8-10)11-6-4-3-5-7-11/h3-7,9H,2,8H2,1H3/q+1/t9-/m1/s1. The molecule has 0 fully saturated rings. The predicted octanol–water partition coefficient (Wildman–Crippen LogP) is 2.32. The van der Waals surface area contributed by atoms with E-state index in [0.717, 1.165) is 5.33 Å². The van der Waals surface area contributed by atoms with E-state index < -0.39 is 0 Å². The van der Waals surface area contributed by atoms with E-state index in [2.05, 4.69) is 51.9 Å². The Bertz CT molecular complexity index is 194. The molecule has 2 heteroatoms. The molecule has 0 aliphatic rings. The molecule has 1 rings (SSSR count). The van der Waals surface area contributed by atoms with Crippen LogP contribution in [0.4, 0.5) is 0 Å². The average molecular weight is 215 g/mol. The van der Waals surface area contributed by atoms with Gasteiger partial charge in [-0.2, -0.15) is 0 Å². The van der Waals surface area contributed by atoms with Crippen LogP contribution in [0.1, 0.15) is 19.4 Å². The minimum Gasteiger partial charge on any atom is -0.202 e. The molecule has 60 valence electrons. The Morgan fingerprint density at radius 1 is 1.27 bits per heavy atom. The zero-order valence-corrected chi connectivity index (χ0v) is 8.29. The van der Waals surface area contributed by atoms with Gasteiger partial charge < -0.3 is 0 Å². The van der Waals surface area contributed by atoms with Gasteiger partial charge in [0.2, 0.25) is 0 Å². The highest BCUT2D eigenvalue weighted by Crippen LogP contribution is 2.04. The highest BCUT2D eigenvalue weighted by atomic mass is 79.9. The molecule has 0 radical (unpaired) electrons. The summed E-state index contributed by atoms with van der Waals surface area (Å²) in [6.07, 6.45) is 5.38. The van der Waals surface area contributed by atoms with Gasteiger partial charge in [-0.25, -0.2) is 4.57 Å². The van der Waals surface area contributed by atoms with Gasteiger partial charge in [-0.15, -0.1) is 0 Å². The van der Waals surface area contributed by atoms with Crippen LogP contribution in [0, 0.1) is 0 Å². The Morgan fingerprint density at radius 3 is 2.36 bits per heavy atom. The molecule has 0 amide bonds. The number of nitrogens with zero attached hydrogens (tertiary/aromatic N) is 1. The van der Waals surface area contributed by atoms with Gasteiger partial charge in [0.1, 0.15) is 0 Å². The van der Waals surface area contributed by atoms with Crippen molar-refractivity contribution in [1.29, 1.82) is 0 Å². The molecule has 1 atom stereocenters. The van der Waals surface area contributed by atoms with Gasteiger partial charge in [0.25, 0.3) is 0 Å². The number of alkyl halides is 1. The monoisotopic (exact) mass is 214 g/mol. The average Bonchev–Trinajstić information content (AvgIpc) is 2.09. The Kier molecular flexibility index (Phi) is 3.57. The van der Waals surface area contributed by atoms with Crippen molar-refractivity contribution in [2.24, 2.45) is 0 Å². The van der Waals surface area contributed by atoms with Gasteiger partial charge in [0, 0.05) is 18.6 Å². The van der Waals surface area contributed by atoms with Crippen molar-refractivity contribution >= 4 is 15.9 Å². The van der Waals surface area contributed by atoms with Gasteiger partial charge >= 0.3 is 0 Å². The van der Waals surface area contributed by atoms with E-state index in [1.165, 1.54) is 6.42 Å². The third kappa shape index (κ3) is 2.29. The molecule has 1 nitrogen and oxygen atoms in total. The molecule has 0 aliphatic heterocycles. The first-order chi connectivity index (χ1) is 5.38. The van der Waals surface area contributed by atoms with Crippen molar-refractivity contribution in [1.82, 2.24) is 0 Å². The smallest absolute Gasteiger partial charge is 0.169 e.